The summed E-state index contributed by atoms with van der Waals surface area (Å²) in [6.45, 7) is 7.93. The molecule has 1 saturated carbocycles. The van der Waals surface area contributed by atoms with E-state index in [0.29, 0.717) is 5.57 Å². The maximum absolute atomic E-state index is 11.0. The van der Waals surface area contributed by atoms with Gasteiger partial charge in [-0.15, -0.1) is 0 Å². The lowest BCUT2D eigenvalue weighted by Crippen LogP contribution is -2.42. The monoisotopic (exact) mass is 250 g/mol. The first-order valence-electron chi connectivity index (χ1n) is 6.65. The highest BCUT2D eigenvalue weighted by molar-refractivity contribution is 5.86. The first-order chi connectivity index (χ1) is 8.36. The summed E-state index contributed by atoms with van der Waals surface area (Å²) < 4.78 is 0. The molecular weight excluding hydrogens is 228 g/mol. The van der Waals surface area contributed by atoms with Gasteiger partial charge in [0, 0.05) is 11.0 Å². The molecule has 2 rings (SSSR count). The molecule has 0 aromatic heterocycles. The molecule has 3 nitrogen and oxygen atoms in total. The maximum Gasteiger partial charge on any atom is 0.331 e. The summed E-state index contributed by atoms with van der Waals surface area (Å²) in [6.07, 6.45) is 3.90. The van der Waals surface area contributed by atoms with Crippen LogP contribution in [0.5, 0.6) is 0 Å². The van der Waals surface area contributed by atoms with E-state index in [1.807, 2.05) is 0 Å². The lowest BCUT2D eigenvalue weighted by molar-refractivity contribution is -0.133. The Balaban J connectivity index is 2.27. The van der Waals surface area contributed by atoms with Gasteiger partial charge >= 0.3 is 5.97 Å². The van der Waals surface area contributed by atoms with E-state index in [9.17, 15) is 9.90 Å². The maximum atomic E-state index is 11.0. The fourth-order valence-corrected chi connectivity index (χ4v) is 3.53. The van der Waals surface area contributed by atoms with E-state index in [0.717, 1.165) is 32.1 Å². The van der Waals surface area contributed by atoms with Gasteiger partial charge in [0.2, 0.25) is 0 Å². The molecule has 3 unspecified atom stereocenters. The van der Waals surface area contributed by atoms with Crippen LogP contribution in [0.15, 0.2) is 23.3 Å². The highest BCUT2D eigenvalue weighted by atomic mass is 16.4. The molecule has 0 spiro atoms. The zero-order valence-electron chi connectivity index (χ0n) is 11.2. The third kappa shape index (κ3) is 2.01. The minimum Gasteiger partial charge on any atom is -0.478 e. The molecule has 3 atom stereocenters. The molecule has 0 bridgehead atoms. The number of allylic oxidation sites excluding steroid dienone is 1. The van der Waals surface area contributed by atoms with Crippen molar-refractivity contribution in [3.05, 3.63) is 23.3 Å². The van der Waals surface area contributed by atoms with Crippen LogP contribution < -0.4 is 0 Å². The lowest BCUT2D eigenvalue weighted by atomic mass is 9.59. The Kier molecular flexibility index (Phi) is 3.37. The standard InChI is InChI=1S/C15H22O3/c1-9-4-5-13(16)15(3)7-6-11(8-12(9)15)10(2)14(17)18/h11,13,16H,2,4-8H2,1,3H3,(H,17,18). The fraction of sp³-hybridized carbons (Fsp3) is 0.667. The second-order valence-corrected chi connectivity index (χ2v) is 6.00. The van der Waals surface area contributed by atoms with Crippen LogP contribution in [0.3, 0.4) is 0 Å². The average molecular weight is 250 g/mol. The van der Waals surface area contributed by atoms with Crippen molar-refractivity contribution in [2.75, 3.05) is 0 Å². The summed E-state index contributed by atoms with van der Waals surface area (Å²) >= 11 is 0. The van der Waals surface area contributed by atoms with Crippen molar-refractivity contribution in [2.24, 2.45) is 11.3 Å². The normalized spacial score (nSPS) is 36.2. The molecule has 2 aliphatic carbocycles. The van der Waals surface area contributed by atoms with Crippen molar-refractivity contribution in [1.82, 2.24) is 0 Å². The average Bonchev–Trinajstić information content (AvgIpc) is 2.33. The molecule has 100 valence electrons. The summed E-state index contributed by atoms with van der Waals surface area (Å²) in [5.41, 5.74) is 2.79. The van der Waals surface area contributed by atoms with Gasteiger partial charge in [-0.1, -0.05) is 24.6 Å². The molecule has 1 fully saturated rings. The number of aliphatic carboxylic acids is 1. The largest absolute Gasteiger partial charge is 0.478 e. The molecule has 2 N–H and O–H groups in total. The number of fused-ring (bicyclic) bond motifs is 1. The number of carboxylic acid groups (broad SMARTS) is 1. The smallest absolute Gasteiger partial charge is 0.331 e. The number of carbonyl (C=O) groups is 1. The Morgan fingerprint density at radius 1 is 1.44 bits per heavy atom. The number of rotatable bonds is 2. The Morgan fingerprint density at radius 3 is 2.72 bits per heavy atom. The number of aliphatic hydroxyl groups is 1. The van der Waals surface area contributed by atoms with Crippen LogP contribution >= 0.6 is 0 Å². The number of hydrogen-bond donors (Lipinski definition) is 2. The van der Waals surface area contributed by atoms with Gasteiger partial charge in [0.25, 0.3) is 0 Å². The molecular formula is C15H22O3. The highest BCUT2D eigenvalue weighted by Crippen LogP contribution is 2.52. The van der Waals surface area contributed by atoms with Crippen LogP contribution in [-0.4, -0.2) is 22.3 Å². The van der Waals surface area contributed by atoms with Crippen molar-refractivity contribution >= 4 is 5.97 Å². The van der Waals surface area contributed by atoms with Crippen LogP contribution in [0.1, 0.15) is 46.0 Å². The molecule has 0 heterocycles. The number of aliphatic hydroxyl groups excluding tert-OH is 1. The van der Waals surface area contributed by atoms with Gasteiger partial charge in [-0.2, -0.15) is 0 Å². The first-order valence-corrected chi connectivity index (χ1v) is 6.65. The van der Waals surface area contributed by atoms with Crippen LogP contribution in [0, 0.1) is 11.3 Å². The summed E-state index contributed by atoms with van der Waals surface area (Å²) in [4.78, 5) is 11.0. The zero-order chi connectivity index (χ0) is 13.5. The van der Waals surface area contributed by atoms with Gasteiger partial charge in [0.15, 0.2) is 0 Å². The van der Waals surface area contributed by atoms with E-state index in [2.05, 4.69) is 20.4 Å². The Hall–Kier alpha value is -1.09. The zero-order valence-corrected chi connectivity index (χ0v) is 11.2. The first kappa shape index (κ1) is 13.3. The highest BCUT2D eigenvalue weighted by Gasteiger charge is 2.44. The predicted molar refractivity (Wildman–Crippen MR) is 70.2 cm³/mol. The van der Waals surface area contributed by atoms with E-state index >= 15 is 0 Å². The molecule has 3 heteroatoms. The second kappa shape index (κ2) is 4.54. The Morgan fingerprint density at radius 2 is 2.11 bits per heavy atom. The third-order valence-electron chi connectivity index (χ3n) is 4.96. The van der Waals surface area contributed by atoms with E-state index < -0.39 is 5.97 Å². The van der Waals surface area contributed by atoms with Gasteiger partial charge in [0.1, 0.15) is 0 Å². The summed E-state index contributed by atoms with van der Waals surface area (Å²) in [7, 11) is 0. The van der Waals surface area contributed by atoms with Crippen molar-refractivity contribution < 1.29 is 15.0 Å². The summed E-state index contributed by atoms with van der Waals surface area (Å²) in [6, 6.07) is 0. The van der Waals surface area contributed by atoms with Crippen molar-refractivity contribution in [1.29, 1.82) is 0 Å². The third-order valence-corrected chi connectivity index (χ3v) is 4.96. The van der Waals surface area contributed by atoms with E-state index in [4.69, 9.17) is 5.11 Å². The van der Waals surface area contributed by atoms with Crippen molar-refractivity contribution in [3.63, 3.8) is 0 Å². The summed E-state index contributed by atoms with van der Waals surface area (Å²) in [5.74, 6) is -0.857. The molecule has 0 saturated heterocycles. The van der Waals surface area contributed by atoms with Crippen molar-refractivity contribution in [3.8, 4) is 0 Å². The van der Waals surface area contributed by atoms with Gasteiger partial charge in [-0.3, -0.25) is 0 Å². The molecule has 0 aliphatic heterocycles. The predicted octanol–water partition coefficient (Wildman–Crippen LogP) is 2.90. The van der Waals surface area contributed by atoms with Crippen molar-refractivity contribution in [2.45, 2.75) is 52.1 Å². The van der Waals surface area contributed by atoms with E-state index in [-0.39, 0.29) is 17.4 Å². The number of carboxylic acids is 1. The Bertz CT molecular complexity index is 421. The minimum atomic E-state index is -0.891. The molecule has 0 radical (unpaired) electrons. The van der Waals surface area contributed by atoms with Gasteiger partial charge in [-0.05, 0) is 44.9 Å². The van der Waals surface area contributed by atoms with Crippen LogP contribution in [0.4, 0.5) is 0 Å². The molecule has 0 amide bonds. The Labute approximate surface area is 108 Å². The number of hydrogen-bond acceptors (Lipinski definition) is 2. The van der Waals surface area contributed by atoms with E-state index in [1.54, 1.807) is 0 Å². The van der Waals surface area contributed by atoms with E-state index in [1.165, 1.54) is 11.1 Å². The topological polar surface area (TPSA) is 57.5 Å². The molecule has 2 aliphatic rings. The second-order valence-electron chi connectivity index (χ2n) is 6.00. The molecule has 0 aromatic rings. The molecule has 18 heavy (non-hydrogen) atoms. The fourth-order valence-electron chi connectivity index (χ4n) is 3.53. The van der Waals surface area contributed by atoms with Crippen LogP contribution in [0.2, 0.25) is 0 Å². The lowest BCUT2D eigenvalue weighted by Gasteiger charge is -2.47. The minimum absolute atomic E-state index is 0.0332. The SMILES string of the molecule is C=C(C(=O)O)C1CCC2(C)C(=C(C)CCC2O)C1. The quantitative estimate of drug-likeness (QED) is 0.585. The molecule has 0 aromatic carbocycles. The van der Waals surface area contributed by atoms with Gasteiger partial charge in [0.05, 0.1) is 6.10 Å². The van der Waals surface area contributed by atoms with Crippen LogP contribution in [0.25, 0.3) is 0 Å². The van der Waals surface area contributed by atoms with Crippen LogP contribution in [-0.2, 0) is 4.79 Å². The van der Waals surface area contributed by atoms with Gasteiger partial charge in [-0.25, -0.2) is 4.79 Å². The summed E-state index contributed by atoms with van der Waals surface area (Å²) in [5, 5.41) is 19.3. The van der Waals surface area contributed by atoms with Gasteiger partial charge < -0.3 is 10.2 Å².